The molecule has 0 unspecified atom stereocenters. The first-order valence-electron chi connectivity index (χ1n) is 7.31. The summed E-state index contributed by atoms with van der Waals surface area (Å²) in [6.45, 7) is 4.76. The molecule has 0 atom stereocenters. The molecule has 0 bridgehead atoms. The van der Waals surface area contributed by atoms with Gasteiger partial charge in [0.15, 0.2) is 0 Å². The summed E-state index contributed by atoms with van der Waals surface area (Å²) >= 11 is 9.28. The molecule has 122 valence electrons. The number of halogens is 2. The number of rotatable bonds is 2. The van der Waals surface area contributed by atoms with E-state index in [4.69, 9.17) is 11.6 Å². The van der Waals surface area contributed by atoms with Gasteiger partial charge in [-0.25, -0.2) is 8.42 Å². The van der Waals surface area contributed by atoms with E-state index in [1.54, 1.807) is 18.2 Å². The first kappa shape index (κ1) is 16.8. The molecule has 1 heterocycles. The van der Waals surface area contributed by atoms with Crippen LogP contribution in [0.1, 0.15) is 25.8 Å². The number of sulfonamides is 1. The summed E-state index contributed by atoms with van der Waals surface area (Å²) < 4.78 is 28.3. The van der Waals surface area contributed by atoms with Crippen molar-refractivity contribution in [1.82, 2.24) is 0 Å². The highest BCUT2D eigenvalue weighted by molar-refractivity contribution is 9.10. The third kappa shape index (κ3) is 2.90. The highest BCUT2D eigenvalue weighted by Crippen LogP contribution is 2.41. The zero-order valence-corrected chi connectivity index (χ0v) is 16.0. The third-order valence-corrected chi connectivity index (χ3v) is 7.34. The van der Waals surface area contributed by atoms with Crippen LogP contribution in [0.2, 0.25) is 5.02 Å². The molecule has 0 fully saturated rings. The minimum atomic E-state index is -3.62. The van der Waals surface area contributed by atoms with Gasteiger partial charge >= 0.3 is 0 Å². The van der Waals surface area contributed by atoms with Crippen LogP contribution in [-0.4, -0.2) is 15.0 Å². The Kier molecular flexibility index (Phi) is 4.23. The SMILES string of the molecule is CC1(C)CCN(S(=O)(=O)c2ccc(Cl)c(Br)c2)c2ccccc21. The number of nitrogens with zero attached hydrogens (tertiary/aromatic N) is 1. The first-order valence-corrected chi connectivity index (χ1v) is 9.92. The smallest absolute Gasteiger partial charge is 0.264 e. The van der Waals surface area contributed by atoms with Crippen LogP contribution in [0.3, 0.4) is 0 Å². The van der Waals surface area contributed by atoms with Crippen LogP contribution in [0.15, 0.2) is 51.8 Å². The molecular formula is C17H17BrClNO2S. The van der Waals surface area contributed by atoms with Crippen LogP contribution >= 0.6 is 27.5 Å². The average Bonchev–Trinajstić information content (AvgIpc) is 2.50. The van der Waals surface area contributed by atoms with Crippen molar-refractivity contribution in [2.45, 2.75) is 30.6 Å². The van der Waals surface area contributed by atoms with E-state index in [2.05, 4.69) is 29.8 Å². The molecule has 23 heavy (non-hydrogen) atoms. The van der Waals surface area contributed by atoms with Crippen molar-refractivity contribution in [3.05, 3.63) is 57.5 Å². The normalized spacial score (nSPS) is 17.0. The summed E-state index contributed by atoms with van der Waals surface area (Å²) in [5.74, 6) is 0. The van der Waals surface area contributed by atoms with Crippen molar-refractivity contribution < 1.29 is 8.42 Å². The summed E-state index contributed by atoms with van der Waals surface area (Å²) in [6, 6.07) is 12.4. The van der Waals surface area contributed by atoms with Gasteiger partial charge in [-0.15, -0.1) is 0 Å². The van der Waals surface area contributed by atoms with Gasteiger partial charge < -0.3 is 0 Å². The molecule has 3 rings (SSSR count). The maximum absolute atomic E-state index is 13.1. The first-order chi connectivity index (χ1) is 10.7. The predicted octanol–water partition coefficient (Wildman–Crippen LogP) is 4.98. The summed E-state index contributed by atoms with van der Waals surface area (Å²) in [7, 11) is -3.62. The maximum Gasteiger partial charge on any atom is 0.264 e. The van der Waals surface area contributed by atoms with Gasteiger partial charge in [-0.2, -0.15) is 0 Å². The van der Waals surface area contributed by atoms with Crippen molar-refractivity contribution >= 4 is 43.2 Å². The molecule has 0 saturated carbocycles. The van der Waals surface area contributed by atoms with Crippen LogP contribution in [0.5, 0.6) is 0 Å². The van der Waals surface area contributed by atoms with Crippen molar-refractivity contribution in [2.24, 2.45) is 0 Å². The monoisotopic (exact) mass is 413 g/mol. The molecule has 1 aliphatic heterocycles. The Labute approximate surface area is 150 Å². The Balaban J connectivity index is 2.13. The van der Waals surface area contributed by atoms with E-state index in [1.807, 2.05) is 24.3 Å². The molecule has 2 aromatic carbocycles. The lowest BCUT2D eigenvalue weighted by atomic mass is 9.78. The van der Waals surface area contributed by atoms with E-state index in [0.717, 1.165) is 17.7 Å². The lowest BCUT2D eigenvalue weighted by Gasteiger charge is -2.39. The number of hydrogen-bond donors (Lipinski definition) is 0. The van der Waals surface area contributed by atoms with E-state index in [-0.39, 0.29) is 10.3 Å². The van der Waals surface area contributed by atoms with Crippen LogP contribution in [0.25, 0.3) is 0 Å². The van der Waals surface area contributed by atoms with Gasteiger partial charge in [0.1, 0.15) is 0 Å². The molecule has 0 saturated heterocycles. The fourth-order valence-corrected chi connectivity index (χ4v) is 5.07. The van der Waals surface area contributed by atoms with E-state index in [1.165, 1.54) is 4.31 Å². The van der Waals surface area contributed by atoms with Crippen LogP contribution in [0.4, 0.5) is 5.69 Å². The summed E-state index contributed by atoms with van der Waals surface area (Å²) in [5, 5.41) is 0.490. The fourth-order valence-electron chi connectivity index (χ4n) is 2.91. The number of hydrogen-bond acceptors (Lipinski definition) is 2. The number of anilines is 1. The second-order valence-electron chi connectivity index (χ2n) is 6.30. The second kappa shape index (κ2) is 5.80. The minimum absolute atomic E-state index is 0.0385. The Morgan fingerprint density at radius 1 is 1.17 bits per heavy atom. The Morgan fingerprint density at radius 2 is 1.87 bits per heavy atom. The third-order valence-electron chi connectivity index (χ3n) is 4.32. The summed E-state index contributed by atoms with van der Waals surface area (Å²) in [5.41, 5.74) is 1.78. The van der Waals surface area contributed by atoms with Gasteiger partial charge in [0.2, 0.25) is 0 Å². The van der Waals surface area contributed by atoms with E-state index in [0.29, 0.717) is 16.0 Å². The van der Waals surface area contributed by atoms with Crippen molar-refractivity contribution in [3.63, 3.8) is 0 Å². The number of benzene rings is 2. The Hall–Kier alpha value is -1.04. The number of fused-ring (bicyclic) bond motifs is 1. The van der Waals surface area contributed by atoms with E-state index >= 15 is 0 Å². The fraction of sp³-hybridized carbons (Fsp3) is 0.294. The molecule has 2 aromatic rings. The molecule has 0 aromatic heterocycles. The van der Waals surface area contributed by atoms with Crippen molar-refractivity contribution in [3.8, 4) is 0 Å². The quantitative estimate of drug-likeness (QED) is 0.695. The topological polar surface area (TPSA) is 37.4 Å². The van der Waals surface area contributed by atoms with E-state index in [9.17, 15) is 8.42 Å². The van der Waals surface area contributed by atoms with Gasteiger partial charge in [-0.3, -0.25) is 4.31 Å². The van der Waals surface area contributed by atoms with Crippen molar-refractivity contribution in [1.29, 1.82) is 0 Å². The molecule has 0 radical (unpaired) electrons. The number of para-hydroxylation sites is 1. The zero-order valence-electron chi connectivity index (χ0n) is 12.9. The molecule has 0 amide bonds. The molecule has 0 aliphatic carbocycles. The molecule has 1 aliphatic rings. The van der Waals surface area contributed by atoms with Crippen LogP contribution < -0.4 is 4.31 Å². The molecule has 3 nitrogen and oxygen atoms in total. The average molecular weight is 415 g/mol. The Morgan fingerprint density at radius 3 is 2.57 bits per heavy atom. The standard InChI is InChI=1S/C17H17BrClNO2S/c1-17(2)9-10-20(16-6-4-3-5-13(16)17)23(21,22)12-7-8-15(19)14(18)11-12/h3-8,11H,9-10H2,1-2H3. The van der Waals surface area contributed by atoms with Crippen LogP contribution in [-0.2, 0) is 15.4 Å². The highest BCUT2D eigenvalue weighted by Gasteiger charge is 2.36. The summed E-state index contributed by atoms with van der Waals surface area (Å²) in [6.07, 6.45) is 0.776. The summed E-state index contributed by atoms with van der Waals surface area (Å²) in [4.78, 5) is 0.239. The minimum Gasteiger partial charge on any atom is -0.266 e. The largest absolute Gasteiger partial charge is 0.266 e. The second-order valence-corrected chi connectivity index (χ2v) is 9.43. The lowest BCUT2D eigenvalue weighted by Crippen LogP contribution is -2.41. The van der Waals surface area contributed by atoms with Gasteiger partial charge in [0.25, 0.3) is 10.0 Å². The van der Waals surface area contributed by atoms with Gasteiger partial charge in [-0.05, 0) is 57.6 Å². The Bertz CT molecular complexity index is 865. The molecule has 0 spiro atoms. The molecular weight excluding hydrogens is 398 g/mol. The molecule has 0 N–H and O–H groups in total. The predicted molar refractivity (Wildman–Crippen MR) is 97.8 cm³/mol. The van der Waals surface area contributed by atoms with Gasteiger partial charge in [0.05, 0.1) is 15.6 Å². The lowest BCUT2D eigenvalue weighted by molar-refractivity contribution is 0.467. The van der Waals surface area contributed by atoms with Crippen LogP contribution in [0, 0.1) is 0 Å². The maximum atomic E-state index is 13.1. The highest BCUT2D eigenvalue weighted by atomic mass is 79.9. The van der Waals surface area contributed by atoms with Gasteiger partial charge in [0, 0.05) is 11.0 Å². The van der Waals surface area contributed by atoms with Gasteiger partial charge in [-0.1, -0.05) is 43.6 Å². The van der Waals surface area contributed by atoms with E-state index < -0.39 is 10.0 Å². The zero-order chi connectivity index (χ0) is 16.8. The molecule has 6 heteroatoms. The van der Waals surface area contributed by atoms with Crippen molar-refractivity contribution in [2.75, 3.05) is 10.8 Å².